The van der Waals surface area contributed by atoms with Crippen LogP contribution in [0, 0.1) is 24.1 Å². The minimum Gasteiger partial charge on any atom is -0.490 e. The van der Waals surface area contributed by atoms with Crippen LogP contribution in [0.2, 0.25) is 0 Å². The lowest BCUT2D eigenvalue weighted by atomic mass is 10.2. The molecule has 1 aromatic rings. The van der Waals surface area contributed by atoms with Gasteiger partial charge in [0.2, 0.25) is 0 Å². The summed E-state index contributed by atoms with van der Waals surface area (Å²) in [6, 6.07) is 4.42. The fourth-order valence-electron chi connectivity index (χ4n) is 0.960. The van der Waals surface area contributed by atoms with Gasteiger partial charge in [0.05, 0.1) is 6.61 Å². The maximum atomic E-state index is 13.2. The van der Waals surface area contributed by atoms with E-state index in [4.69, 9.17) is 11.2 Å². The lowest BCUT2D eigenvalue weighted by molar-refractivity contribution is 0.259. The third-order valence-electron chi connectivity index (χ3n) is 1.67. The van der Waals surface area contributed by atoms with Gasteiger partial charge in [-0.1, -0.05) is 19.8 Å². The Morgan fingerprint density at radius 3 is 2.79 bits per heavy atom. The van der Waals surface area contributed by atoms with Crippen LogP contribution in [0.15, 0.2) is 18.2 Å². The fourth-order valence-corrected chi connectivity index (χ4v) is 0.960. The van der Waals surface area contributed by atoms with E-state index in [1.54, 1.807) is 6.07 Å². The van der Waals surface area contributed by atoms with E-state index in [1.807, 2.05) is 13.8 Å². The summed E-state index contributed by atoms with van der Waals surface area (Å²) >= 11 is 0. The van der Waals surface area contributed by atoms with Gasteiger partial charge < -0.3 is 4.74 Å². The van der Waals surface area contributed by atoms with Crippen molar-refractivity contribution in [3.05, 3.63) is 29.6 Å². The van der Waals surface area contributed by atoms with Crippen LogP contribution in [0.1, 0.15) is 19.4 Å². The Balaban J connectivity index is 2.80. The van der Waals surface area contributed by atoms with Crippen LogP contribution in [0.25, 0.3) is 0 Å². The summed E-state index contributed by atoms with van der Waals surface area (Å²) in [5.74, 6) is 2.66. The maximum absolute atomic E-state index is 13.2. The van der Waals surface area contributed by atoms with E-state index in [2.05, 4.69) is 5.92 Å². The lowest BCUT2D eigenvalue weighted by Crippen LogP contribution is -2.05. The molecule has 0 saturated heterocycles. The van der Waals surface area contributed by atoms with Gasteiger partial charge in [-0.3, -0.25) is 0 Å². The summed E-state index contributed by atoms with van der Waals surface area (Å²) in [5.41, 5.74) is 0.630. The maximum Gasteiger partial charge on any atom is 0.165 e. The largest absolute Gasteiger partial charge is 0.490 e. The predicted molar refractivity (Wildman–Crippen MR) is 54.7 cm³/mol. The van der Waals surface area contributed by atoms with Gasteiger partial charge in [-0.05, 0) is 24.1 Å². The third kappa shape index (κ3) is 2.77. The van der Waals surface area contributed by atoms with Crippen molar-refractivity contribution in [2.24, 2.45) is 5.92 Å². The van der Waals surface area contributed by atoms with Crippen molar-refractivity contribution >= 4 is 0 Å². The Bertz CT molecular complexity index is 350. The molecule has 0 fully saturated rings. The van der Waals surface area contributed by atoms with Crippen molar-refractivity contribution in [1.29, 1.82) is 0 Å². The van der Waals surface area contributed by atoms with Crippen molar-refractivity contribution in [3.63, 3.8) is 0 Å². The predicted octanol–water partition coefficient (Wildman–Crippen LogP) is 2.84. The van der Waals surface area contributed by atoms with Crippen LogP contribution in [0.5, 0.6) is 5.75 Å². The Kier molecular flexibility index (Phi) is 3.53. The molecule has 1 rings (SSSR count). The molecule has 74 valence electrons. The molecule has 0 aliphatic heterocycles. The quantitative estimate of drug-likeness (QED) is 0.669. The van der Waals surface area contributed by atoms with Crippen molar-refractivity contribution in [3.8, 4) is 18.1 Å². The first-order valence-electron chi connectivity index (χ1n) is 4.52. The van der Waals surface area contributed by atoms with Crippen LogP contribution in [-0.4, -0.2) is 6.61 Å². The van der Waals surface area contributed by atoms with Crippen LogP contribution in [-0.2, 0) is 0 Å². The highest BCUT2D eigenvalue weighted by Crippen LogP contribution is 2.18. The molecule has 0 saturated carbocycles. The van der Waals surface area contributed by atoms with Gasteiger partial charge in [0.25, 0.3) is 0 Å². The monoisotopic (exact) mass is 192 g/mol. The first-order valence-corrected chi connectivity index (χ1v) is 4.52. The third-order valence-corrected chi connectivity index (χ3v) is 1.67. The van der Waals surface area contributed by atoms with Gasteiger partial charge in [0.1, 0.15) is 0 Å². The zero-order valence-corrected chi connectivity index (χ0v) is 8.38. The van der Waals surface area contributed by atoms with Gasteiger partial charge in [-0.25, -0.2) is 4.39 Å². The molecule has 0 unspecified atom stereocenters. The molecule has 0 atom stereocenters. The van der Waals surface area contributed by atoms with E-state index in [9.17, 15) is 4.39 Å². The first-order chi connectivity index (χ1) is 6.63. The summed E-state index contributed by atoms with van der Waals surface area (Å²) in [6.07, 6.45) is 5.20. The Morgan fingerprint density at radius 2 is 2.21 bits per heavy atom. The first kappa shape index (κ1) is 10.6. The number of hydrogen-bond donors (Lipinski definition) is 0. The van der Waals surface area contributed by atoms with Crippen LogP contribution >= 0.6 is 0 Å². The number of rotatable bonds is 3. The normalized spacial score (nSPS) is 9.93. The molecule has 0 aromatic heterocycles. The fraction of sp³-hybridized carbons (Fsp3) is 0.333. The molecule has 0 N–H and O–H groups in total. The lowest BCUT2D eigenvalue weighted by Gasteiger charge is -2.09. The van der Waals surface area contributed by atoms with Gasteiger partial charge in [0, 0.05) is 5.56 Å². The van der Waals surface area contributed by atoms with E-state index in [-0.39, 0.29) is 11.6 Å². The number of halogens is 1. The Labute approximate surface area is 83.9 Å². The number of terminal acetylenes is 1. The SMILES string of the molecule is C#Cc1ccc(F)c(OCC(C)C)c1. The average Bonchev–Trinajstić information content (AvgIpc) is 2.16. The highest BCUT2D eigenvalue weighted by atomic mass is 19.1. The summed E-state index contributed by atoms with van der Waals surface area (Å²) in [6.45, 7) is 4.50. The topological polar surface area (TPSA) is 9.23 Å². The van der Waals surface area contributed by atoms with Crippen molar-refractivity contribution in [2.75, 3.05) is 6.61 Å². The Hall–Kier alpha value is -1.49. The molecule has 1 nitrogen and oxygen atoms in total. The second-order valence-electron chi connectivity index (χ2n) is 3.49. The zero-order valence-electron chi connectivity index (χ0n) is 8.38. The van der Waals surface area contributed by atoms with E-state index in [0.717, 1.165) is 0 Å². The molecular weight excluding hydrogens is 179 g/mol. The van der Waals surface area contributed by atoms with Gasteiger partial charge in [0.15, 0.2) is 11.6 Å². The highest BCUT2D eigenvalue weighted by Gasteiger charge is 2.04. The number of benzene rings is 1. The summed E-state index contributed by atoms with van der Waals surface area (Å²) in [5, 5.41) is 0. The molecule has 1 aromatic carbocycles. The molecule has 0 bridgehead atoms. The highest BCUT2D eigenvalue weighted by molar-refractivity contribution is 5.39. The Morgan fingerprint density at radius 1 is 1.50 bits per heavy atom. The molecular formula is C12H13FO. The van der Waals surface area contributed by atoms with Crippen molar-refractivity contribution in [2.45, 2.75) is 13.8 Å². The van der Waals surface area contributed by atoms with E-state index in [1.165, 1.54) is 12.1 Å². The number of ether oxygens (including phenoxy) is 1. The second-order valence-corrected chi connectivity index (χ2v) is 3.49. The van der Waals surface area contributed by atoms with Gasteiger partial charge >= 0.3 is 0 Å². The summed E-state index contributed by atoms with van der Waals surface area (Å²) in [7, 11) is 0. The van der Waals surface area contributed by atoms with E-state index >= 15 is 0 Å². The molecule has 2 heteroatoms. The zero-order chi connectivity index (χ0) is 10.6. The molecule has 0 spiro atoms. The molecule has 0 heterocycles. The number of hydrogen-bond acceptors (Lipinski definition) is 1. The van der Waals surface area contributed by atoms with Crippen molar-refractivity contribution in [1.82, 2.24) is 0 Å². The van der Waals surface area contributed by atoms with Crippen LogP contribution in [0.4, 0.5) is 4.39 Å². The van der Waals surface area contributed by atoms with Crippen LogP contribution in [0.3, 0.4) is 0 Å². The molecule has 0 aliphatic rings. The second kappa shape index (κ2) is 4.66. The van der Waals surface area contributed by atoms with Gasteiger partial charge in [-0.2, -0.15) is 0 Å². The molecule has 14 heavy (non-hydrogen) atoms. The molecule has 0 radical (unpaired) electrons. The average molecular weight is 192 g/mol. The van der Waals surface area contributed by atoms with E-state index < -0.39 is 0 Å². The molecule has 0 amide bonds. The summed E-state index contributed by atoms with van der Waals surface area (Å²) < 4.78 is 18.4. The smallest absolute Gasteiger partial charge is 0.165 e. The standard InChI is InChI=1S/C12H13FO/c1-4-10-5-6-11(13)12(7-10)14-8-9(2)3/h1,5-7,9H,8H2,2-3H3. The van der Waals surface area contributed by atoms with Crippen molar-refractivity contribution < 1.29 is 9.13 Å². The van der Waals surface area contributed by atoms with Crippen LogP contribution < -0.4 is 4.74 Å². The minimum absolute atomic E-state index is 0.231. The van der Waals surface area contributed by atoms with Gasteiger partial charge in [-0.15, -0.1) is 6.42 Å². The van der Waals surface area contributed by atoms with E-state index in [0.29, 0.717) is 18.1 Å². The summed E-state index contributed by atoms with van der Waals surface area (Å²) in [4.78, 5) is 0. The molecule has 0 aliphatic carbocycles. The minimum atomic E-state index is -0.371.